The number of rotatable bonds is 4. The molecule has 2 aliphatic heterocycles. The van der Waals surface area contributed by atoms with Gasteiger partial charge in [0.05, 0.1) is 40.1 Å². The maximum atomic E-state index is 14.8. The molecule has 6 rings (SSSR count). The van der Waals surface area contributed by atoms with Gasteiger partial charge in [-0.1, -0.05) is 31.2 Å². The summed E-state index contributed by atoms with van der Waals surface area (Å²) in [5.74, 6) is -2.12. The lowest BCUT2D eigenvalue weighted by Crippen LogP contribution is -2.44. The molecule has 4 heterocycles. The molecular formula is C27H23ClFN3O6. The lowest BCUT2D eigenvalue weighted by atomic mass is 9.83. The van der Waals surface area contributed by atoms with E-state index in [4.69, 9.17) is 21.3 Å². The average Bonchev–Trinajstić information content (AvgIpc) is 3.28. The second-order valence-electron chi connectivity index (χ2n) is 9.78. The van der Waals surface area contributed by atoms with Gasteiger partial charge >= 0.3 is 5.97 Å². The van der Waals surface area contributed by atoms with E-state index in [1.54, 1.807) is 13.0 Å². The minimum atomic E-state index is -1.99. The molecule has 0 bridgehead atoms. The zero-order valence-electron chi connectivity index (χ0n) is 20.3. The van der Waals surface area contributed by atoms with E-state index in [0.717, 1.165) is 6.08 Å². The van der Waals surface area contributed by atoms with E-state index in [-0.39, 0.29) is 35.7 Å². The number of cyclic esters (lactones) is 1. The normalized spacial score (nSPS) is 21.8. The van der Waals surface area contributed by atoms with Crippen molar-refractivity contribution in [3.8, 4) is 11.4 Å². The van der Waals surface area contributed by atoms with Crippen LogP contribution in [0.25, 0.3) is 22.3 Å². The summed E-state index contributed by atoms with van der Waals surface area (Å²) >= 11 is 6.34. The van der Waals surface area contributed by atoms with Crippen LogP contribution in [0.15, 0.2) is 29.6 Å². The third-order valence-electron chi connectivity index (χ3n) is 7.85. The van der Waals surface area contributed by atoms with E-state index in [2.05, 4.69) is 11.9 Å². The molecule has 0 spiro atoms. The summed E-state index contributed by atoms with van der Waals surface area (Å²) < 4.78 is 21.4. The molecule has 38 heavy (non-hydrogen) atoms. The van der Waals surface area contributed by atoms with Crippen molar-refractivity contribution in [1.29, 1.82) is 0 Å². The van der Waals surface area contributed by atoms with Crippen molar-refractivity contribution in [2.45, 2.75) is 57.1 Å². The van der Waals surface area contributed by atoms with Crippen molar-refractivity contribution >= 4 is 34.4 Å². The topological polar surface area (TPSA) is 131 Å². The number of halogens is 2. The minimum absolute atomic E-state index is 0.00219. The van der Waals surface area contributed by atoms with E-state index in [1.165, 1.54) is 10.6 Å². The maximum Gasteiger partial charge on any atom is 0.343 e. The Kier molecular flexibility index (Phi) is 5.50. The molecule has 0 unspecified atom stereocenters. The lowest BCUT2D eigenvalue weighted by molar-refractivity contribution is -0.172. The number of fused-ring (bicyclic) bond motifs is 5. The minimum Gasteiger partial charge on any atom is -0.458 e. The highest BCUT2D eigenvalue weighted by Gasteiger charge is 2.46. The molecule has 0 radical (unpaired) electrons. The summed E-state index contributed by atoms with van der Waals surface area (Å²) in [7, 11) is 0. The van der Waals surface area contributed by atoms with Gasteiger partial charge in [0.15, 0.2) is 11.7 Å². The molecule has 196 valence electrons. The largest absolute Gasteiger partial charge is 0.458 e. The van der Waals surface area contributed by atoms with Gasteiger partial charge in [-0.15, -0.1) is 0 Å². The molecule has 3 aromatic rings. The highest BCUT2D eigenvalue weighted by molar-refractivity contribution is 6.32. The zero-order valence-corrected chi connectivity index (χ0v) is 21.1. The summed E-state index contributed by atoms with van der Waals surface area (Å²) in [6.45, 7) is 4.90. The number of pyridine rings is 2. The van der Waals surface area contributed by atoms with Gasteiger partial charge in [-0.3, -0.25) is 9.59 Å². The summed E-state index contributed by atoms with van der Waals surface area (Å²) in [5.41, 5.74) is 0.782. The quantitative estimate of drug-likeness (QED) is 0.268. The Balaban J connectivity index is 1.63. The lowest BCUT2D eigenvalue weighted by Gasteiger charge is -2.31. The molecule has 1 aliphatic carbocycles. The van der Waals surface area contributed by atoms with Crippen LogP contribution in [0.1, 0.15) is 53.6 Å². The van der Waals surface area contributed by atoms with Crippen LogP contribution in [0.3, 0.4) is 0 Å². The molecule has 1 amide bonds. The SMILES string of the molecule is C=C[C@H](O)C(=O)N[C@@H]1CCc2c(Cl)c(F)cc3nc4c(c1c23)Cn1c-4cc2c(c1=O)COC(=O)[C@]2(O)CC. The number of esters is 1. The van der Waals surface area contributed by atoms with Crippen LogP contribution in [-0.2, 0) is 39.5 Å². The number of aliphatic hydroxyl groups excluding tert-OH is 1. The fraction of sp³-hybridized carbons (Fsp3) is 0.333. The number of amides is 1. The van der Waals surface area contributed by atoms with Crippen molar-refractivity contribution in [3.05, 3.63) is 73.8 Å². The van der Waals surface area contributed by atoms with Crippen LogP contribution in [0.2, 0.25) is 5.02 Å². The molecule has 0 saturated carbocycles. The van der Waals surface area contributed by atoms with Crippen molar-refractivity contribution in [2.24, 2.45) is 0 Å². The van der Waals surface area contributed by atoms with Gasteiger partial charge in [0, 0.05) is 22.6 Å². The summed E-state index contributed by atoms with van der Waals surface area (Å²) in [6, 6.07) is 2.21. The van der Waals surface area contributed by atoms with E-state index in [0.29, 0.717) is 51.8 Å². The number of hydrogen-bond donors (Lipinski definition) is 3. The van der Waals surface area contributed by atoms with Gasteiger partial charge < -0.3 is 24.8 Å². The van der Waals surface area contributed by atoms with Crippen molar-refractivity contribution in [3.63, 3.8) is 0 Å². The number of carbonyl (C=O) groups excluding carboxylic acids is 2. The number of aryl methyl sites for hydroxylation is 1. The number of benzene rings is 1. The number of nitrogens with one attached hydrogen (secondary N) is 1. The maximum absolute atomic E-state index is 14.8. The fourth-order valence-corrected chi connectivity index (χ4v) is 6.11. The highest BCUT2D eigenvalue weighted by atomic mass is 35.5. The smallest absolute Gasteiger partial charge is 0.343 e. The van der Waals surface area contributed by atoms with Crippen molar-refractivity contribution in [2.75, 3.05) is 0 Å². The first-order valence-corrected chi connectivity index (χ1v) is 12.6. The Labute approximate surface area is 220 Å². The van der Waals surface area contributed by atoms with Crippen LogP contribution in [0, 0.1) is 5.82 Å². The highest BCUT2D eigenvalue weighted by Crippen LogP contribution is 2.46. The second kappa shape index (κ2) is 8.45. The van der Waals surface area contributed by atoms with Crippen LogP contribution in [0.5, 0.6) is 0 Å². The molecular weight excluding hydrogens is 517 g/mol. The summed E-state index contributed by atoms with van der Waals surface area (Å²) in [4.78, 5) is 43.4. The van der Waals surface area contributed by atoms with Crippen LogP contribution in [-0.4, -0.2) is 37.7 Å². The molecule has 9 nitrogen and oxygen atoms in total. The number of carbonyl (C=O) groups is 2. The molecule has 0 fully saturated rings. The molecule has 2 aromatic heterocycles. The van der Waals surface area contributed by atoms with Crippen molar-refractivity contribution < 1.29 is 28.9 Å². The summed E-state index contributed by atoms with van der Waals surface area (Å²) in [6.07, 6.45) is 0.423. The second-order valence-corrected chi connectivity index (χ2v) is 10.2. The number of hydrogen-bond acceptors (Lipinski definition) is 7. The van der Waals surface area contributed by atoms with E-state index >= 15 is 0 Å². The van der Waals surface area contributed by atoms with Crippen molar-refractivity contribution in [1.82, 2.24) is 14.9 Å². The standard InChI is InChI=1S/C27H23ClFN3O6/c1-3-19(33)24(34)31-16-6-5-11-20-17(8-15(29)22(11)28)30-23-12(21(16)20)9-32-18(23)7-14-13(25(32)35)10-38-26(36)27(14,37)4-2/h3,7-8,16,19,33,37H,1,4-6,9-10H2,2H3,(H,31,34)/t16-,19+,27+/m1/s1. The zero-order chi connectivity index (χ0) is 27.1. The van der Waals surface area contributed by atoms with Gasteiger partial charge in [0.25, 0.3) is 11.5 Å². The van der Waals surface area contributed by atoms with E-state index < -0.39 is 41.0 Å². The summed E-state index contributed by atoms with van der Waals surface area (Å²) in [5, 5.41) is 24.5. The average molecular weight is 540 g/mol. The van der Waals surface area contributed by atoms with Gasteiger partial charge in [-0.25, -0.2) is 14.2 Å². The van der Waals surface area contributed by atoms with Crippen LogP contribution in [0.4, 0.5) is 4.39 Å². The van der Waals surface area contributed by atoms with Gasteiger partial charge in [-0.05, 0) is 36.5 Å². The van der Waals surface area contributed by atoms with Crippen LogP contribution < -0.4 is 10.9 Å². The Morgan fingerprint density at radius 1 is 1.39 bits per heavy atom. The van der Waals surface area contributed by atoms with Crippen LogP contribution >= 0.6 is 11.6 Å². The first kappa shape index (κ1) is 24.7. The molecule has 1 aromatic carbocycles. The monoisotopic (exact) mass is 539 g/mol. The number of ether oxygens (including phenoxy) is 1. The van der Waals surface area contributed by atoms with Gasteiger partial charge in [0.1, 0.15) is 12.4 Å². The Bertz CT molecular complexity index is 1670. The molecule has 11 heteroatoms. The third-order valence-corrected chi connectivity index (χ3v) is 8.26. The van der Waals surface area contributed by atoms with Gasteiger partial charge in [0.2, 0.25) is 0 Å². The number of nitrogens with zero attached hydrogens (tertiary/aromatic N) is 2. The molecule has 3 N–H and O–H groups in total. The third kappa shape index (κ3) is 3.23. The predicted octanol–water partition coefficient (Wildman–Crippen LogP) is 2.52. The van der Waals surface area contributed by atoms with E-state index in [9.17, 15) is 29.0 Å². The van der Waals surface area contributed by atoms with E-state index in [1.807, 2.05) is 0 Å². The Morgan fingerprint density at radius 3 is 2.87 bits per heavy atom. The first-order chi connectivity index (χ1) is 18.1. The fourth-order valence-electron chi connectivity index (χ4n) is 5.86. The first-order valence-electron chi connectivity index (χ1n) is 12.2. The Hall–Kier alpha value is -3.60. The molecule has 0 saturated heterocycles. The predicted molar refractivity (Wildman–Crippen MR) is 135 cm³/mol. The molecule has 3 atom stereocenters. The number of aliphatic hydroxyl groups is 2. The number of aromatic nitrogens is 2. The molecule has 3 aliphatic rings. The van der Waals surface area contributed by atoms with Gasteiger partial charge in [-0.2, -0.15) is 0 Å². The Morgan fingerprint density at radius 2 is 2.16 bits per heavy atom.